The number of rotatable bonds is 5. The number of ether oxygens (including phenoxy) is 1. The van der Waals surface area contributed by atoms with Crippen LogP contribution in [-0.4, -0.2) is 41.3 Å². The first-order valence-corrected chi connectivity index (χ1v) is 9.99. The number of pyridine rings is 1. The monoisotopic (exact) mass is 398 g/mol. The Hall–Kier alpha value is -3.71. The van der Waals surface area contributed by atoms with Crippen LogP contribution >= 0.6 is 0 Å². The summed E-state index contributed by atoms with van der Waals surface area (Å²) in [5, 5.41) is 7.82. The smallest absolute Gasteiger partial charge is 0.229 e. The van der Waals surface area contributed by atoms with Crippen molar-refractivity contribution in [2.75, 3.05) is 41.8 Å². The summed E-state index contributed by atoms with van der Waals surface area (Å²) in [6, 6.07) is 20.1. The Bertz CT molecular complexity index is 1150. The molecule has 0 aliphatic carbocycles. The van der Waals surface area contributed by atoms with E-state index in [4.69, 9.17) is 4.74 Å². The van der Waals surface area contributed by atoms with Crippen LogP contribution in [0.5, 0.6) is 0 Å². The number of benzene rings is 2. The molecule has 0 unspecified atom stereocenters. The molecule has 7 heteroatoms. The molecule has 2 aromatic heterocycles. The Balaban J connectivity index is 1.40. The van der Waals surface area contributed by atoms with Crippen LogP contribution in [-0.2, 0) is 4.74 Å². The summed E-state index contributed by atoms with van der Waals surface area (Å²) in [4.78, 5) is 15.9. The minimum absolute atomic E-state index is 0.536. The van der Waals surface area contributed by atoms with Gasteiger partial charge in [-0.3, -0.25) is 4.98 Å². The van der Waals surface area contributed by atoms with Crippen molar-refractivity contribution in [3.05, 3.63) is 73.1 Å². The van der Waals surface area contributed by atoms with Crippen LogP contribution in [0.1, 0.15) is 0 Å². The summed E-state index contributed by atoms with van der Waals surface area (Å²) in [5.74, 6) is 1.24. The van der Waals surface area contributed by atoms with Gasteiger partial charge in [-0.05, 0) is 30.3 Å². The quantitative estimate of drug-likeness (QED) is 0.518. The van der Waals surface area contributed by atoms with Crippen molar-refractivity contribution in [3.8, 4) is 0 Å². The van der Waals surface area contributed by atoms with E-state index in [9.17, 15) is 0 Å². The molecule has 1 fully saturated rings. The van der Waals surface area contributed by atoms with Crippen molar-refractivity contribution in [3.63, 3.8) is 0 Å². The number of nitrogens with zero attached hydrogens (tertiary/aromatic N) is 4. The normalized spacial score (nSPS) is 13.9. The highest BCUT2D eigenvalue weighted by Gasteiger charge is 2.15. The lowest BCUT2D eigenvalue weighted by atomic mass is 10.2. The molecular formula is C23H22N6O. The van der Waals surface area contributed by atoms with Gasteiger partial charge in [0.15, 0.2) is 0 Å². The Labute approximate surface area is 174 Å². The third kappa shape index (κ3) is 3.88. The van der Waals surface area contributed by atoms with Crippen molar-refractivity contribution < 1.29 is 4.74 Å². The topological polar surface area (TPSA) is 75.2 Å². The van der Waals surface area contributed by atoms with Crippen LogP contribution in [0, 0.1) is 0 Å². The van der Waals surface area contributed by atoms with Gasteiger partial charge < -0.3 is 20.3 Å². The largest absolute Gasteiger partial charge is 0.378 e. The van der Waals surface area contributed by atoms with E-state index in [1.165, 1.54) is 0 Å². The number of hydrogen-bond acceptors (Lipinski definition) is 7. The molecule has 3 heterocycles. The lowest BCUT2D eigenvalue weighted by molar-refractivity contribution is 0.123. The van der Waals surface area contributed by atoms with E-state index in [1.54, 1.807) is 12.4 Å². The fourth-order valence-electron chi connectivity index (χ4n) is 3.61. The standard InChI is InChI=1S/C23H22N6O/c1-2-9-20(29-13-15-30-16-14-29)18(7-1)27-23-25-12-10-21(28-23)26-19-8-3-5-17-6-4-11-24-22(17)19/h1-12H,13-16H2,(H2,25,26,27,28). The molecule has 7 nitrogen and oxygen atoms in total. The Morgan fingerprint density at radius 3 is 2.53 bits per heavy atom. The van der Waals surface area contributed by atoms with Crippen LogP contribution in [0.4, 0.5) is 28.8 Å². The molecule has 0 spiro atoms. The summed E-state index contributed by atoms with van der Waals surface area (Å²) in [6.07, 6.45) is 3.54. The second kappa shape index (κ2) is 8.34. The SMILES string of the molecule is c1ccc(N2CCOCC2)c(Nc2nccc(Nc3cccc4cccnc34)n2)c1. The van der Waals surface area contributed by atoms with Gasteiger partial charge in [-0.15, -0.1) is 0 Å². The van der Waals surface area contributed by atoms with Crippen LogP contribution in [0.3, 0.4) is 0 Å². The fraction of sp³-hybridized carbons (Fsp3) is 0.174. The third-order valence-corrected chi connectivity index (χ3v) is 5.05. The van der Waals surface area contributed by atoms with Crippen molar-refractivity contribution in [2.24, 2.45) is 0 Å². The van der Waals surface area contributed by atoms with E-state index < -0.39 is 0 Å². The number of morpholine rings is 1. The zero-order chi connectivity index (χ0) is 20.2. The third-order valence-electron chi connectivity index (χ3n) is 5.05. The van der Waals surface area contributed by atoms with Crippen LogP contribution in [0.15, 0.2) is 73.1 Å². The minimum atomic E-state index is 0.536. The van der Waals surface area contributed by atoms with Crippen molar-refractivity contribution in [2.45, 2.75) is 0 Å². The van der Waals surface area contributed by atoms with Gasteiger partial charge in [0.05, 0.1) is 35.8 Å². The van der Waals surface area contributed by atoms with Gasteiger partial charge in [0.1, 0.15) is 5.82 Å². The molecule has 4 aromatic rings. The van der Waals surface area contributed by atoms with Gasteiger partial charge in [-0.1, -0.05) is 30.3 Å². The molecule has 0 saturated carbocycles. The Kier molecular flexibility index (Phi) is 5.10. The highest BCUT2D eigenvalue weighted by molar-refractivity contribution is 5.91. The number of nitrogens with one attached hydrogen (secondary N) is 2. The maximum Gasteiger partial charge on any atom is 0.229 e. The molecule has 0 radical (unpaired) electrons. The highest BCUT2D eigenvalue weighted by atomic mass is 16.5. The van der Waals surface area contributed by atoms with Gasteiger partial charge in [0.2, 0.25) is 5.95 Å². The van der Waals surface area contributed by atoms with Crippen LogP contribution in [0.25, 0.3) is 10.9 Å². The molecule has 0 atom stereocenters. The fourth-order valence-corrected chi connectivity index (χ4v) is 3.61. The number of fused-ring (bicyclic) bond motifs is 1. The molecular weight excluding hydrogens is 376 g/mol. The molecule has 1 aliphatic heterocycles. The van der Waals surface area contributed by atoms with Crippen molar-refractivity contribution in [1.29, 1.82) is 0 Å². The summed E-state index contributed by atoms with van der Waals surface area (Å²) in [5.41, 5.74) is 3.92. The summed E-state index contributed by atoms with van der Waals surface area (Å²) >= 11 is 0. The predicted molar refractivity (Wildman–Crippen MR) is 120 cm³/mol. The molecule has 1 saturated heterocycles. The maximum atomic E-state index is 5.48. The van der Waals surface area contributed by atoms with E-state index in [0.717, 1.165) is 54.3 Å². The lowest BCUT2D eigenvalue weighted by Crippen LogP contribution is -2.36. The maximum absolute atomic E-state index is 5.48. The zero-order valence-corrected chi connectivity index (χ0v) is 16.5. The number of anilines is 5. The van der Waals surface area contributed by atoms with E-state index in [1.807, 2.05) is 54.6 Å². The molecule has 30 heavy (non-hydrogen) atoms. The average molecular weight is 398 g/mol. The molecule has 2 N–H and O–H groups in total. The first kappa shape index (κ1) is 18.3. The van der Waals surface area contributed by atoms with E-state index in [-0.39, 0.29) is 0 Å². The first-order chi connectivity index (χ1) is 14.9. The van der Waals surface area contributed by atoms with Crippen LogP contribution < -0.4 is 15.5 Å². The molecule has 0 amide bonds. The molecule has 2 aromatic carbocycles. The number of hydrogen-bond donors (Lipinski definition) is 2. The van der Waals surface area contributed by atoms with E-state index >= 15 is 0 Å². The summed E-state index contributed by atoms with van der Waals surface area (Å²) in [7, 11) is 0. The number of aromatic nitrogens is 3. The van der Waals surface area contributed by atoms with E-state index in [0.29, 0.717) is 11.8 Å². The molecule has 0 bridgehead atoms. The van der Waals surface area contributed by atoms with Crippen LogP contribution in [0.2, 0.25) is 0 Å². The van der Waals surface area contributed by atoms with Crippen molar-refractivity contribution >= 4 is 39.7 Å². The number of para-hydroxylation sites is 3. The molecule has 1 aliphatic rings. The van der Waals surface area contributed by atoms with Gasteiger partial charge >= 0.3 is 0 Å². The highest BCUT2D eigenvalue weighted by Crippen LogP contribution is 2.29. The van der Waals surface area contributed by atoms with Gasteiger partial charge in [-0.25, -0.2) is 4.98 Å². The summed E-state index contributed by atoms with van der Waals surface area (Å²) < 4.78 is 5.48. The van der Waals surface area contributed by atoms with Gasteiger partial charge in [0, 0.05) is 30.9 Å². The Morgan fingerprint density at radius 2 is 1.60 bits per heavy atom. The molecule has 150 valence electrons. The van der Waals surface area contributed by atoms with E-state index in [2.05, 4.69) is 36.6 Å². The lowest BCUT2D eigenvalue weighted by Gasteiger charge is -2.30. The zero-order valence-electron chi connectivity index (χ0n) is 16.5. The van der Waals surface area contributed by atoms with Gasteiger partial charge in [0.25, 0.3) is 0 Å². The minimum Gasteiger partial charge on any atom is -0.378 e. The molecule has 5 rings (SSSR count). The predicted octanol–water partition coefficient (Wildman–Crippen LogP) is 4.35. The summed E-state index contributed by atoms with van der Waals surface area (Å²) in [6.45, 7) is 3.22. The second-order valence-corrected chi connectivity index (χ2v) is 7.01. The van der Waals surface area contributed by atoms with Crippen molar-refractivity contribution in [1.82, 2.24) is 15.0 Å². The second-order valence-electron chi connectivity index (χ2n) is 7.01. The Morgan fingerprint density at radius 1 is 0.767 bits per heavy atom. The first-order valence-electron chi connectivity index (χ1n) is 9.99. The average Bonchev–Trinajstić information content (AvgIpc) is 2.81. The van der Waals surface area contributed by atoms with Gasteiger partial charge in [-0.2, -0.15) is 4.98 Å².